The molecule has 1 aromatic carbocycles. The van der Waals surface area contributed by atoms with Crippen LogP contribution in [0.2, 0.25) is 0 Å². The van der Waals surface area contributed by atoms with Crippen molar-refractivity contribution in [3.05, 3.63) is 29.8 Å². The molecule has 1 aliphatic heterocycles. The quantitative estimate of drug-likeness (QED) is 0.898. The summed E-state index contributed by atoms with van der Waals surface area (Å²) in [4.78, 5) is 2.57. The van der Waals surface area contributed by atoms with Gasteiger partial charge in [-0.1, -0.05) is 25.0 Å². The Morgan fingerprint density at radius 1 is 1.19 bits per heavy atom. The van der Waals surface area contributed by atoms with Gasteiger partial charge in [-0.15, -0.1) is 0 Å². The van der Waals surface area contributed by atoms with Crippen molar-refractivity contribution in [3.8, 4) is 5.75 Å². The van der Waals surface area contributed by atoms with Gasteiger partial charge in [0.15, 0.2) is 0 Å². The number of hydrogen-bond acceptors (Lipinski definition) is 3. The molecule has 1 saturated heterocycles. The average Bonchev–Trinajstić information content (AvgIpc) is 2.76. The lowest BCUT2D eigenvalue weighted by atomic mass is 9.87. The summed E-state index contributed by atoms with van der Waals surface area (Å²) in [6.07, 6.45) is 5.27. The maximum atomic E-state index is 6.62. The number of likely N-dealkylation sites (tertiary alicyclic amines) is 1. The Balaban J connectivity index is 2.15. The van der Waals surface area contributed by atoms with Crippen LogP contribution in [0.1, 0.15) is 58.1 Å². The smallest absolute Gasteiger partial charge is 0.119 e. The second kappa shape index (κ2) is 7.28. The Morgan fingerprint density at radius 3 is 2.48 bits per heavy atom. The van der Waals surface area contributed by atoms with Gasteiger partial charge in [0.1, 0.15) is 5.75 Å². The number of nitrogens with two attached hydrogens (primary N) is 1. The highest BCUT2D eigenvalue weighted by atomic mass is 16.5. The van der Waals surface area contributed by atoms with E-state index in [1.807, 2.05) is 19.1 Å². The van der Waals surface area contributed by atoms with Crippen LogP contribution in [0.4, 0.5) is 0 Å². The fourth-order valence-corrected chi connectivity index (χ4v) is 3.22. The molecule has 0 aliphatic carbocycles. The summed E-state index contributed by atoms with van der Waals surface area (Å²) < 4.78 is 5.61. The minimum absolute atomic E-state index is 0.00370. The second-order valence-electron chi connectivity index (χ2n) is 6.54. The van der Waals surface area contributed by atoms with E-state index in [0.29, 0.717) is 6.61 Å². The largest absolute Gasteiger partial charge is 0.494 e. The molecule has 0 spiro atoms. The lowest BCUT2D eigenvalue weighted by molar-refractivity contribution is 0.0979. The number of rotatable bonds is 5. The van der Waals surface area contributed by atoms with Crippen molar-refractivity contribution < 1.29 is 4.74 Å². The Bertz CT molecular complexity index is 437. The highest BCUT2D eigenvalue weighted by Gasteiger charge is 2.34. The van der Waals surface area contributed by atoms with Crippen LogP contribution >= 0.6 is 0 Å². The molecule has 1 heterocycles. The zero-order valence-electron chi connectivity index (χ0n) is 13.8. The van der Waals surface area contributed by atoms with E-state index in [9.17, 15) is 0 Å². The first-order valence-electron chi connectivity index (χ1n) is 8.29. The van der Waals surface area contributed by atoms with Crippen LogP contribution in [0, 0.1) is 0 Å². The van der Waals surface area contributed by atoms with Gasteiger partial charge < -0.3 is 10.5 Å². The summed E-state index contributed by atoms with van der Waals surface area (Å²) >= 11 is 0. The van der Waals surface area contributed by atoms with Crippen molar-refractivity contribution in [2.24, 2.45) is 5.73 Å². The molecule has 0 radical (unpaired) electrons. The number of hydrogen-bond donors (Lipinski definition) is 1. The van der Waals surface area contributed by atoms with Crippen molar-refractivity contribution >= 4 is 0 Å². The minimum Gasteiger partial charge on any atom is -0.494 e. The molecule has 2 N–H and O–H groups in total. The number of ether oxygens (including phenoxy) is 1. The Morgan fingerprint density at radius 2 is 1.86 bits per heavy atom. The van der Waals surface area contributed by atoms with Crippen LogP contribution in [-0.4, -0.2) is 30.1 Å². The van der Waals surface area contributed by atoms with Crippen LogP contribution in [0.3, 0.4) is 0 Å². The molecule has 0 saturated carbocycles. The summed E-state index contributed by atoms with van der Waals surface area (Å²) in [6.45, 7) is 9.56. The fraction of sp³-hybridized carbons (Fsp3) is 0.667. The van der Waals surface area contributed by atoms with Crippen molar-refractivity contribution in [1.82, 2.24) is 4.90 Å². The first-order valence-corrected chi connectivity index (χ1v) is 8.29. The molecule has 2 rings (SSSR count). The van der Waals surface area contributed by atoms with E-state index < -0.39 is 0 Å². The van der Waals surface area contributed by atoms with Crippen LogP contribution in [0.5, 0.6) is 5.75 Å². The molecule has 1 unspecified atom stereocenters. The van der Waals surface area contributed by atoms with Crippen LogP contribution < -0.4 is 10.5 Å². The van der Waals surface area contributed by atoms with Gasteiger partial charge in [0, 0.05) is 11.6 Å². The van der Waals surface area contributed by atoms with Gasteiger partial charge >= 0.3 is 0 Å². The third-order valence-electron chi connectivity index (χ3n) is 4.71. The normalized spacial score (nSPS) is 19.0. The van der Waals surface area contributed by atoms with Gasteiger partial charge in [-0.3, -0.25) is 4.90 Å². The van der Waals surface area contributed by atoms with Gasteiger partial charge in [0.05, 0.1) is 6.61 Å². The molecular weight excluding hydrogens is 260 g/mol. The molecule has 3 nitrogen and oxygen atoms in total. The summed E-state index contributed by atoms with van der Waals surface area (Å²) in [5.41, 5.74) is 7.75. The number of benzene rings is 1. The summed E-state index contributed by atoms with van der Waals surface area (Å²) in [5.74, 6) is 0.914. The predicted molar refractivity (Wildman–Crippen MR) is 88.7 cm³/mol. The predicted octanol–water partition coefficient (Wildman–Crippen LogP) is 3.74. The Labute approximate surface area is 129 Å². The molecule has 0 bridgehead atoms. The van der Waals surface area contributed by atoms with E-state index in [-0.39, 0.29) is 11.6 Å². The van der Waals surface area contributed by atoms with Gasteiger partial charge in [-0.25, -0.2) is 0 Å². The molecule has 3 heteroatoms. The topological polar surface area (TPSA) is 38.5 Å². The summed E-state index contributed by atoms with van der Waals surface area (Å²) in [7, 11) is 0. The summed E-state index contributed by atoms with van der Waals surface area (Å²) in [5, 5.41) is 0. The van der Waals surface area contributed by atoms with Crippen molar-refractivity contribution in [1.29, 1.82) is 0 Å². The van der Waals surface area contributed by atoms with E-state index in [2.05, 4.69) is 30.9 Å². The molecule has 1 atom stereocenters. The number of nitrogens with zero attached hydrogens (tertiary/aromatic N) is 1. The molecule has 0 amide bonds. The fourth-order valence-electron chi connectivity index (χ4n) is 3.22. The third-order valence-corrected chi connectivity index (χ3v) is 4.71. The lowest BCUT2D eigenvalue weighted by Crippen LogP contribution is -2.51. The maximum Gasteiger partial charge on any atom is 0.119 e. The monoisotopic (exact) mass is 290 g/mol. The Hall–Kier alpha value is -1.06. The van der Waals surface area contributed by atoms with Crippen LogP contribution in [-0.2, 0) is 0 Å². The highest BCUT2D eigenvalue weighted by Crippen LogP contribution is 2.32. The molecule has 118 valence electrons. The first kappa shape index (κ1) is 16.3. The highest BCUT2D eigenvalue weighted by molar-refractivity contribution is 5.32. The van der Waals surface area contributed by atoms with Gasteiger partial charge in [0.2, 0.25) is 0 Å². The van der Waals surface area contributed by atoms with E-state index in [0.717, 1.165) is 24.4 Å². The minimum atomic E-state index is -0.0326. The zero-order valence-corrected chi connectivity index (χ0v) is 13.8. The van der Waals surface area contributed by atoms with Crippen molar-refractivity contribution in [3.63, 3.8) is 0 Å². The second-order valence-corrected chi connectivity index (χ2v) is 6.54. The standard InChI is InChI=1S/C18H30N2O/c1-4-21-16-11-9-10-15(14-16)17(19)18(2,3)20-12-7-5-6-8-13-20/h9-11,14,17H,4-8,12-13,19H2,1-3H3. The molecule has 1 fully saturated rings. The molecule has 21 heavy (non-hydrogen) atoms. The van der Waals surface area contributed by atoms with E-state index >= 15 is 0 Å². The average molecular weight is 290 g/mol. The van der Waals surface area contributed by atoms with Crippen LogP contribution in [0.15, 0.2) is 24.3 Å². The van der Waals surface area contributed by atoms with E-state index in [1.165, 1.54) is 25.7 Å². The van der Waals surface area contributed by atoms with E-state index in [1.54, 1.807) is 0 Å². The first-order chi connectivity index (χ1) is 10.1. The van der Waals surface area contributed by atoms with Gasteiger partial charge in [-0.2, -0.15) is 0 Å². The lowest BCUT2D eigenvalue weighted by Gasteiger charge is -2.42. The van der Waals surface area contributed by atoms with Crippen molar-refractivity contribution in [2.45, 2.75) is 58.0 Å². The van der Waals surface area contributed by atoms with Crippen LogP contribution in [0.25, 0.3) is 0 Å². The van der Waals surface area contributed by atoms with Gasteiger partial charge in [0.25, 0.3) is 0 Å². The summed E-state index contributed by atoms with van der Waals surface area (Å²) in [6, 6.07) is 8.24. The zero-order chi connectivity index (χ0) is 15.3. The third kappa shape index (κ3) is 3.98. The Kier molecular flexibility index (Phi) is 5.65. The maximum absolute atomic E-state index is 6.62. The van der Waals surface area contributed by atoms with Gasteiger partial charge in [-0.05, 0) is 64.4 Å². The molecule has 1 aliphatic rings. The molecule has 1 aromatic rings. The van der Waals surface area contributed by atoms with Crippen molar-refractivity contribution in [2.75, 3.05) is 19.7 Å². The molecular formula is C18H30N2O. The molecule has 0 aromatic heterocycles. The SMILES string of the molecule is CCOc1cccc(C(N)C(C)(C)N2CCCCCC2)c1. The van der Waals surface area contributed by atoms with E-state index in [4.69, 9.17) is 10.5 Å².